The first-order chi connectivity index (χ1) is 5.29. The van der Waals surface area contributed by atoms with Crippen LogP contribution < -0.4 is 0 Å². The minimum atomic E-state index is -0.468. The lowest BCUT2D eigenvalue weighted by molar-refractivity contribution is -0.108. The quantitative estimate of drug-likeness (QED) is 0.474. The summed E-state index contributed by atoms with van der Waals surface area (Å²) in [5, 5.41) is 9.31. The molecule has 1 aliphatic rings. The van der Waals surface area contributed by atoms with E-state index in [0.717, 1.165) is 11.9 Å². The smallest absolute Gasteiger partial charge is 0.120 e. The molecule has 0 saturated heterocycles. The topological polar surface area (TPSA) is 37.3 Å². The summed E-state index contributed by atoms with van der Waals surface area (Å²) >= 11 is 0. The minimum Gasteiger partial charge on any atom is -0.385 e. The van der Waals surface area contributed by atoms with Crippen molar-refractivity contribution in [3.63, 3.8) is 0 Å². The zero-order valence-electron chi connectivity index (χ0n) is 6.53. The molecule has 0 aromatic rings. The molecule has 11 heavy (non-hydrogen) atoms. The first-order valence-electron chi connectivity index (χ1n) is 3.75. The van der Waals surface area contributed by atoms with E-state index in [4.69, 9.17) is 0 Å². The van der Waals surface area contributed by atoms with Crippen LogP contribution in [0, 0.1) is 5.92 Å². The van der Waals surface area contributed by atoms with Gasteiger partial charge < -0.3 is 9.90 Å². The van der Waals surface area contributed by atoms with E-state index in [1.165, 1.54) is 0 Å². The monoisotopic (exact) mass is 152 g/mol. The van der Waals surface area contributed by atoms with Gasteiger partial charge in [0.15, 0.2) is 0 Å². The number of carbonyl (C=O) groups is 1. The molecule has 0 heterocycles. The van der Waals surface area contributed by atoms with E-state index in [2.05, 4.69) is 0 Å². The maximum atomic E-state index is 10.2. The third-order valence-corrected chi connectivity index (χ3v) is 1.98. The number of aldehydes is 1. The van der Waals surface area contributed by atoms with Crippen molar-refractivity contribution in [1.29, 1.82) is 0 Å². The Morgan fingerprint density at radius 3 is 2.91 bits per heavy atom. The molecule has 2 nitrogen and oxygen atoms in total. The predicted octanol–water partition coefficient (Wildman–Crippen LogP) is 1.07. The van der Waals surface area contributed by atoms with Gasteiger partial charge in [-0.05, 0) is 12.5 Å². The lowest BCUT2D eigenvalue weighted by Crippen LogP contribution is -2.07. The summed E-state index contributed by atoms with van der Waals surface area (Å²) in [7, 11) is 0. The molecule has 0 radical (unpaired) electrons. The molecule has 2 unspecified atom stereocenters. The van der Waals surface area contributed by atoms with E-state index in [1.807, 2.05) is 19.1 Å². The first-order valence-corrected chi connectivity index (χ1v) is 3.75. The van der Waals surface area contributed by atoms with E-state index in [9.17, 15) is 9.90 Å². The molecule has 0 fully saturated rings. The first kappa shape index (κ1) is 8.21. The average Bonchev–Trinajstić information content (AvgIpc) is 2.33. The fourth-order valence-electron chi connectivity index (χ4n) is 1.38. The van der Waals surface area contributed by atoms with Gasteiger partial charge in [0.05, 0.1) is 6.10 Å². The maximum absolute atomic E-state index is 10.2. The molecule has 0 aliphatic heterocycles. The Morgan fingerprint density at radius 1 is 1.64 bits per heavy atom. The molecule has 1 aliphatic carbocycles. The summed E-state index contributed by atoms with van der Waals surface area (Å²) in [5.74, 6) is 0.132. The molecule has 0 aromatic heterocycles. The summed E-state index contributed by atoms with van der Waals surface area (Å²) in [4.78, 5) is 10.2. The summed E-state index contributed by atoms with van der Waals surface area (Å²) in [6, 6.07) is 0. The summed E-state index contributed by atoms with van der Waals surface area (Å²) in [5.41, 5.74) is 0.942. The van der Waals surface area contributed by atoms with Crippen molar-refractivity contribution in [2.45, 2.75) is 19.4 Å². The Morgan fingerprint density at radius 2 is 2.36 bits per heavy atom. The van der Waals surface area contributed by atoms with E-state index in [0.29, 0.717) is 6.42 Å². The molecule has 0 bridgehead atoms. The van der Waals surface area contributed by atoms with E-state index in [1.54, 1.807) is 6.08 Å². The van der Waals surface area contributed by atoms with Gasteiger partial charge in [-0.3, -0.25) is 0 Å². The standard InChI is InChI=1S/C9H12O2/c1-2-8-7(5-6-10)3-4-9(8)11/h2-4,6-7,9,11H,5H2,1H3/b8-2-. The molecule has 2 heteroatoms. The molecule has 0 aromatic carbocycles. The van der Waals surface area contributed by atoms with Crippen molar-refractivity contribution in [3.05, 3.63) is 23.8 Å². The number of hydrogen-bond acceptors (Lipinski definition) is 2. The summed E-state index contributed by atoms with van der Waals surface area (Å²) in [6.07, 6.45) is 6.38. The Bertz CT molecular complexity index is 204. The second-order valence-electron chi connectivity index (χ2n) is 2.63. The second-order valence-corrected chi connectivity index (χ2v) is 2.63. The highest BCUT2D eigenvalue weighted by molar-refractivity contribution is 5.53. The van der Waals surface area contributed by atoms with E-state index in [-0.39, 0.29) is 5.92 Å². The fraction of sp³-hybridized carbons (Fsp3) is 0.444. The highest BCUT2D eigenvalue weighted by atomic mass is 16.3. The molecular weight excluding hydrogens is 140 g/mol. The van der Waals surface area contributed by atoms with Crippen LogP contribution in [0.4, 0.5) is 0 Å². The zero-order valence-corrected chi connectivity index (χ0v) is 6.53. The van der Waals surface area contributed by atoms with Gasteiger partial charge in [-0.15, -0.1) is 0 Å². The molecule has 1 rings (SSSR count). The highest BCUT2D eigenvalue weighted by Crippen LogP contribution is 2.26. The number of aliphatic hydroxyl groups excluding tert-OH is 1. The van der Waals surface area contributed by atoms with Crippen molar-refractivity contribution in [1.82, 2.24) is 0 Å². The van der Waals surface area contributed by atoms with Crippen LogP contribution in [0.15, 0.2) is 23.8 Å². The van der Waals surface area contributed by atoms with Crippen LogP contribution in [-0.4, -0.2) is 17.5 Å². The zero-order chi connectivity index (χ0) is 8.27. The highest BCUT2D eigenvalue weighted by Gasteiger charge is 2.21. The average molecular weight is 152 g/mol. The van der Waals surface area contributed by atoms with Crippen LogP contribution in [-0.2, 0) is 4.79 Å². The van der Waals surface area contributed by atoms with Gasteiger partial charge >= 0.3 is 0 Å². The third kappa shape index (κ3) is 1.57. The summed E-state index contributed by atoms with van der Waals surface area (Å²) in [6.45, 7) is 1.88. The van der Waals surface area contributed by atoms with Gasteiger partial charge in [0.1, 0.15) is 6.29 Å². The van der Waals surface area contributed by atoms with E-state index >= 15 is 0 Å². The lowest BCUT2D eigenvalue weighted by atomic mass is 9.99. The minimum absolute atomic E-state index is 0.132. The van der Waals surface area contributed by atoms with Gasteiger partial charge in [0.25, 0.3) is 0 Å². The fourth-order valence-corrected chi connectivity index (χ4v) is 1.38. The number of allylic oxidation sites excluding steroid dienone is 2. The van der Waals surface area contributed by atoms with Gasteiger partial charge in [0, 0.05) is 12.3 Å². The Hall–Kier alpha value is -0.890. The Labute approximate surface area is 66.2 Å². The normalized spacial score (nSPS) is 33.1. The van der Waals surface area contributed by atoms with Crippen LogP contribution >= 0.6 is 0 Å². The van der Waals surface area contributed by atoms with Crippen molar-refractivity contribution in [3.8, 4) is 0 Å². The van der Waals surface area contributed by atoms with Crippen molar-refractivity contribution in [2.75, 3.05) is 0 Å². The van der Waals surface area contributed by atoms with Gasteiger partial charge in [-0.25, -0.2) is 0 Å². The lowest BCUT2D eigenvalue weighted by Gasteiger charge is -2.09. The molecule has 60 valence electrons. The number of aliphatic hydroxyl groups is 1. The molecule has 0 amide bonds. The van der Waals surface area contributed by atoms with Crippen molar-refractivity contribution >= 4 is 6.29 Å². The summed E-state index contributed by atoms with van der Waals surface area (Å²) < 4.78 is 0. The number of carbonyl (C=O) groups excluding carboxylic acids is 1. The van der Waals surface area contributed by atoms with Crippen molar-refractivity contribution in [2.24, 2.45) is 5.92 Å². The van der Waals surface area contributed by atoms with E-state index < -0.39 is 6.10 Å². The van der Waals surface area contributed by atoms with Crippen LogP contribution in [0.2, 0.25) is 0 Å². The van der Waals surface area contributed by atoms with Gasteiger partial charge in [0.2, 0.25) is 0 Å². The van der Waals surface area contributed by atoms with Crippen LogP contribution in [0.1, 0.15) is 13.3 Å². The molecular formula is C9H12O2. The molecule has 1 N–H and O–H groups in total. The van der Waals surface area contributed by atoms with Gasteiger partial charge in [-0.1, -0.05) is 18.2 Å². The molecule has 0 spiro atoms. The Kier molecular flexibility index (Phi) is 2.60. The predicted molar refractivity (Wildman–Crippen MR) is 43.1 cm³/mol. The SMILES string of the molecule is C/C=C1\C(O)C=CC1CC=O. The van der Waals surface area contributed by atoms with Crippen LogP contribution in [0.25, 0.3) is 0 Å². The largest absolute Gasteiger partial charge is 0.385 e. The maximum Gasteiger partial charge on any atom is 0.120 e. The molecule has 0 saturated carbocycles. The Balaban J connectivity index is 2.68. The second kappa shape index (κ2) is 3.49. The van der Waals surface area contributed by atoms with Crippen LogP contribution in [0.3, 0.4) is 0 Å². The number of hydrogen-bond donors (Lipinski definition) is 1. The van der Waals surface area contributed by atoms with Crippen molar-refractivity contribution < 1.29 is 9.90 Å². The number of rotatable bonds is 2. The van der Waals surface area contributed by atoms with Gasteiger partial charge in [-0.2, -0.15) is 0 Å². The van der Waals surface area contributed by atoms with Crippen LogP contribution in [0.5, 0.6) is 0 Å². The third-order valence-electron chi connectivity index (χ3n) is 1.98. The molecule has 2 atom stereocenters.